The van der Waals surface area contributed by atoms with Crippen molar-refractivity contribution < 1.29 is 22.4 Å². The van der Waals surface area contributed by atoms with Gasteiger partial charge in [0.15, 0.2) is 0 Å². The highest BCUT2D eigenvalue weighted by molar-refractivity contribution is 6.06. The molecule has 0 radical (unpaired) electrons. The largest absolute Gasteiger partial charge is 0.419 e. The smallest absolute Gasteiger partial charge is 0.305 e. The summed E-state index contributed by atoms with van der Waals surface area (Å²) < 4.78 is 53.3. The van der Waals surface area contributed by atoms with Gasteiger partial charge in [-0.3, -0.25) is 9.48 Å². The lowest BCUT2D eigenvalue weighted by Gasteiger charge is -2.32. The van der Waals surface area contributed by atoms with Gasteiger partial charge in [-0.05, 0) is 32.0 Å². The van der Waals surface area contributed by atoms with Crippen molar-refractivity contribution in [2.24, 2.45) is 0 Å². The fourth-order valence-electron chi connectivity index (χ4n) is 2.73. The Morgan fingerprint density at radius 1 is 1.30 bits per heavy atom. The van der Waals surface area contributed by atoms with Gasteiger partial charge in [0.2, 0.25) is 0 Å². The molecule has 0 saturated carbocycles. The van der Waals surface area contributed by atoms with Crippen molar-refractivity contribution >= 4 is 11.6 Å². The van der Waals surface area contributed by atoms with Gasteiger partial charge in [-0.1, -0.05) is 0 Å². The van der Waals surface area contributed by atoms with Gasteiger partial charge in [0.25, 0.3) is 5.91 Å². The van der Waals surface area contributed by atoms with E-state index in [9.17, 15) is 22.4 Å². The Hall–Kier alpha value is -2.38. The molecule has 1 aliphatic rings. The monoisotopic (exact) mass is 327 g/mol. The van der Waals surface area contributed by atoms with Crippen LogP contribution in [0.5, 0.6) is 0 Å². The molecule has 8 heteroatoms. The number of nitrogens with zero attached hydrogens (tertiary/aromatic N) is 3. The second kappa shape index (κ2) is 5.07. The number of alkyl halides is 3. The van der Waals surface area contributed by atoms with Crippen LogP contribution in [0.2, 0.25) is 0 Å². The summed E-state index contributed by atoms with van der Waals surface area (Å²) in [6.07, 6.45) is -3.21. The molecule has 2 aromatic rings. The number of halogens is 4. The van der Waals surface area contributed by atoms with Crippen LogP contribution in [0.3, 0.4) is 0 Å². The number of hydrogen-bond acceptors (Lipinski definition) is 2. The second-order valence-corrected chi connectivity index (χ2v) is 5.55. The van der Waals surface area contributed by atoms with E-state index in [0.717, 1.165) is 12.1 Å². The zero-order valence-electron chi connectivity index (χ0n) is 12.4. The second-order valence-electron chi connectivity index (χ2n) is 5.55. The Bertz CT molecular complexity index is 782. The predicted octanol–water partition coefficient (Wildman–Crippen LogP) is 3.57. The molecule has 0 fully saturated rings. The normalized spacial score (nSPS) is 18.3. The van der Waals surface area contributed by atoms with Gasteiger partial charge >= 0.3 is 6.18 Å². The van der Waals surface area contributed by atoms with E-state index in [2.05, 4.69) is 5.10 Å². The molecule has 1 aliphatic heterocycles. The highest BCUT2D eigenvalue weighted by Crippen LogP contribution is 2.34. The minimum absolute atomic E-state index is 0.0965. The molecule has 1 unspecified atom stereocenters. The molecule has 122 valence electrons. The van der Waals surface area contributed by atoms with Crippen LogP contribution in [-0.4, -0.2) is 22.2 Å². The maximum Gasteiger partial charge on any atom is 0.419 e. The maximum atomic E-state index is 13.8. The third-order valence-electron chi connectivity index (χ3n) is 3.86. The van der Waals surface area contributed by atoms with Crippen LogP contribution in [0.25, 0.3) is 0 Å². The van der Waals surface area contributed by atoms with Gasteiger partial charge in [-0.2, -0.15) is 18.3 Å². The van der Waals surface area contributed by atoms with Gasteiger partial charge in [-0.25, -0.2) is 4.39 Å². The van der Waals surface area contributed by atoms with E-state index < -0.39 is 23.5 Å². The molecule has 4 nitrogen and oxygen atoms in total. The molecular formula is C15H13F4N3O. The standard InChI is InChI=1S/C15H13F4N3O/c1-8-6-20-22-9(2)7-21(14(23)13(8)22)10-3-4-11(12(16)5-10)15(17,18)19/h3-6,9H,7H2,1-2H3. The van der Waals surface area contributed by atoms with E-state index in [0.29, 0.717) is 17.3 Å². The summed E-state index contributed by atoms with van der Waals surface area (Å²) in [5.41, 5.74) is -0.220. The topological polar surface area (TPSA) is 38.1 Å². The number of anilines is 1. The quantitative estimate of drug-likeness (QED) is 0.751. The summed E-state index contributed by atoms with van der Waals surface area (Å²) >= 11 is 0. The van der Waals surface area contributed by atoms with Gasteiger partial charge in [0.05, 0.1) is 17.8 Å². The molecule has 3 rings (SSSR count). The van der Waals surface area contributed by atoms with Crippen molar-refractivity contribution in [3.05, 3.63) is 47.0 Å². The zero-order chi connectivity index (χ0) is 16.9. The molecule has 2 heterocycles. The van der Waals surface area contributed by atoms with Crippen molar-refractivity contribution in [3.8, 4) is 0 Å². The number of hydrogen-bond donors (Lipinski definition) is 0. The zero-order valence-corrected chi connectivity index (χ0v) is 12.4. The Labute approximate surface area is 129 Å². The van der Waals surface area contributed by atoms with E-state index in [1.165, 1.54) is 4.90 Å². The van der Waals surface area contributed by atoms with Gasteiger partial charge in [0.1, 0.15) is 11.5 Å². The number of rotatable bonds is 1. The van der Waals surface area contributed by atoms with Crippen LogP contribution in [0.4, 0.5) is 23.2 Å². The summed E-state index contributed by atoms with van der Waals surface area (Å²) in [7, 11) is 0. The first-order chi connectivity index (χ1) is 10.7. The first kappa shape index (κ1) is 15.5. The average Bonchev–Trinajstić information content (AvgIpc) is 2.84. The van der Waals surface area contributed by atoms with Crippen molar-refractivity contribution in [1.29, 1.82) is 0 Å². The van der Waals surface area contributed by atoms with E-state index in [1.54, 1.807) is 17.8 Å². The lowest BCUT2D eigenvalue weighted by Crippen LogP contribution is -2.43. The van der Waals surface area contributed by atoms with E-state index in [-0.39, 0.29) is 18.3 Å². The fraction of sp³-hybridized carbons (Fsp3) is 0.333. The first-order valence-electron chi connectivity index (χ1n) is 6.93. The lowest BCUT2D eigenvalue weighted by molar-refractivity contribution is -0.139. The van der Waals surface area contributed by atoms with E-state index >= 15 is 0 Å². The molecule has 1 atom stereocenters. The molecule has 23 heavy (non-hydrogen) atoms. The van der Waals surface area contributed by atoms with Crippen LogP contribution in [0, 0.1) is 12.7 Å². The van der Waals surface area contributed by atoms with Crippen molar-refractivity contribution in [3.63, 3.8) is 0 Å². The van der Waals surface area contributed by atoms with Gasteiger partial charge in [-0.15, -0.1) is 0 Å². The SMILES string of the molecule is Cc1cnn2c1C(=O)N(c1ccc(C(F)(F)F)c(F)c1)CC2C. The third kappa shape index (κ3) is 2.47. The minimum Gasteiger partial charge on any atom is -0.305 e. The molecule has 0 N–H and O–H groups in total. The average molecular weight is 327 g/mol. The lowest BCUT2D eigenvalue weighted by atomic mass is 10.1. The third-order valence-corrected chi connectivity index (χ3v) is 3.86. The van der Waals surface area contributed by atoms with Gasteiger partial charge in [0, 0.05) is 17.8 Å². The Kier molecular flexibility index (Phi) is 3.42. The number of benzene rings is 1. The van der Waals surface area contributed by atoms with Crippen molar-refractivity contribution in [1.82, 2.24) is 9.78 Å². The number of carbonyl (C=O) groups is 1. The highest BCUT2D eigenvalue weighted by Gasteiger charge is 2.36. The number of amides is 1. The summed E-state index contributed by atoms with van der Waals surface area (Å²) in [6, 6.07) is 2.34. The molecular weight excluding hydrogens is 314 g/mol. The summed E-state index contributed by atoms with van der Waals surface area (Å²) in [6.45, 7) is 3.76. The summed E-state index contributed by atoms with van der Waals surface area (Å²) in [5, 5.41) is 4.13. The van der Waals surface area contributed by atoms with Crippen LogP contribution < -0.4 is 4.90 Å². The van der Waals surface area contributed by atoms with E-state index in [4.69, 9.17) is 0 Å². The molecule has 0 spiro atoms. The summed E-state index contributed by atoms with van der Waals surface area (Å²) in [5.74, 6) is -1.80. The highest BCUT2D eigenvalue weighted by atomic mass is 19.4. The number of aryl methyl sites for hydroxylation is 1. The maximum absolute atomic E-state index is 13.8. The predicted molar refractivity (Wildman–Crippen MR) is 74.8 cm³/mol. The minimum atomic E-state index is -4.77. The number of carbonyl (C=O) groups excluding carboxylic acids is 1. The Balaban J connectivity index is 2.02. The molecule has 1 aromatic carbocycles. The van der Waals surface area contributed by atoms with Crippen molar-refractivity contribution in [2.45, 2.75) is 26.1 Å². The van der Waals surface area contributed by atoms with E-state index in [1.807, 2.05) is 6.92 Å². The Morgan fingerprint density at radius 2 is 2.00 bits per heavy atom. The number of aromatic nitrogens is 2. The van der Waals surface area contributed by atoms with Crippen LogP contribution in [-0.2, 0) is 6.18 Å². The number of fused-ring (bicyclic) bond motifs is 1. The summed E-state index contributed by atoms with van der Waals surface area (Å²) in [4.78, 5) is 13.8. The molecule has 0 bridgehead atoms. The molecule has 0 aliphatic carbocycles. The molecule has 1 amide bonds. The Morgan fingerprint density at radius 3 is 2.61 bits per heavy atom. The van der Waals surface area contributed by atoms with Crippen LogP contribution >= 0.6 is 0 Å². The van der Waals surface area contributed by atoms with Gasteiger partial charge < -0.3 is 4.90 Å². The van der Waals surface area contributed by atoms with Crippen molar-refractivity contribution in [2.75, 3.05) is 11.4 Å². The van der Waals surface area contributed by atoms with Crippen LogP contribution in [0.1, 0.15) is 34.6 Å². The van der Waals surface area contributed by atoms with Crippen LogP contribution in [0.15, 0.2) is 24.4 Å². The molecule has 0 saturated heterocycles. The molecule has 1 aromatic heterocycles. The fourth-order valence-corrected chi connectivity index (χ4v) is 2.73. The first-order valence-corrected chi connectivity index (χ1v) is 6.93.